The van der Waals surface area contributed by atoms with Gasteiger partial charge in [-0.3, -0.25) is 4.79 Å². The Labute approximate surface area is 173 Å². The highest BCUT2D eigenvalue weighted by Gasteiger charge is 2.31. The number of nitrogens with one attached hydrogen (secondary N) is 1. The minimum absolute atomic E-state index is 0.0145. The monoisotopic (exact) mass is 432 g/mol. The molecule has 1 N–H and O–H groups in total. The van der Waals surface area contributed by atoms with Crippen molar-refractivity contribution in [3.63, 3.8) is 0 Å². The Balaban J connectivity index is 1.44. The van der Waals surface area contributed by atoms with E-state index in [-0.39, 0.29) is 23.6 Å². The number of rotatable bonds is 5. The van der Waals surface area contributed by atoms with Gasteiger partial charge >= 0.3 is 6.18 Å². The molecule has 0 unspecified atom stereocenters. The largest absolute Gasteiger partial charge is 0.416 e. The van der Waals surface area contributed by atoms with Crippen LogP contribution in [0.2, 0.25) is 0 Å². The van der Waals surface area contributed by atoms with Crippen molar-refractivity contribution < 1.29 is 26.9 Å². The Morgan fingerprint density at radius 3 is 2.58 bits per heavy atom. The van der Waals surface area contributed by atoms with Crippen molar-refractivity contribution in [3.8, 4) is 0 Å². The van der Waals surface area contributed by atoms with Crippen molar-refractivity contribution in [1.82, 2.24) is 20.0 Å². The summed E-state index contributed by atoms with van der Waals surface area (Å²) in [6.07, 6.45) is -4.10. The van der Waals surface area contributed by atoms with E-state index in [1.54, 1.807) is 23.7 Å². The molecular weight excluding hydrogens is 416 g/mol. The molecule has 2 aromatic carbocycles. The fourth-order valence-electron chi connectivity index (χ4n) is 3.14. The summed E-state index contributed by atoms with van der Waals surface area (Å²) in [4.78, 5) is 16.6. The van der Waals surface area contributed by atoms with Crippen LogP contribution in [0.15, 0.2) is 53.1 Å². The van der Waals surface area contributed by atoms with Crippen LogP contribution < -0.4 is 5.32 Å². The van der Waals surface area contributed by atoms with Gasteiger partial charge < -0.3 is 14.4 Å². The Bertz CT molecular complexity index is 1240. The van der Waals surface area contributed by atoms with Gasteiger partial charge in [0.2, 0.25) is 5.76 Å². The Morgan fingerprint density at radius 1 is 1.13 bits per heavy atom. The molecule has 0 aliphatic rings. The van der Waals surface area contributed by atoms with Crippen LogP contribution in [0.5, 0.6) is 0 Å². The molecule has 1 amide bonds. The number of alkyl halides is 3. The summed E-state index contributed by atoms with van der Waals surface area (Å²) in [5, 5.41) is 6.46. The molecule has 4 aromatic rings. The van der Waals surface area contributed by atoms with Crippen LogP contribution in [0.4, 0.5) is 17.6 Å². The maximum atomic E-state index is 13.0. The van der Waals surface area contributed by atoms with Crippen molar-refractivity contribution in [3.05, 3.63) is 82.8 Å². The molecule has 160 valence electrons. The third-order valence-corrected chi connectivity index (χ3v) is 4.79. The Kier molecular flexibility index (Phi) is 5.22. The molecular formula is C21H16F4N4O2. The van der Waals surface area contributed by atoms with Gasteiger partial charge in [0.25, 0.3) is 5.91 Å². The van der Waals surface area contributed by atoms with Crippen LogP contribution in [0.25, 0.3) is 11.0 Å². The molecule has 0 spiro atoms. The van der Waals surface area contributed by atoms with Crippen LogP contribution in [-0.4, -0.2) is 20.6 Å². The van der Waals surface area contributed by atoms with Crippen molar-refractivity contribution in [2.45, 2.75) is 19.1 Å². The lowest BCUT2D eigenvalue weighted by Gasteiger charge is -2.06. The number of hydrogen-bond donors (Lipinski definition) is 1. The predicted molar refractivity (Wildman–Crippen MR) is 103 cm³/mol. The number of imidazole rings is 1. The SMILES string of the molecule is Cn1c(CNC(=O)c2cc(Cc3ccc(F)cc3)no2)nc2cc(C(F)(F)F)ccc21. The number of carbonyl (C=O) groups excluding carboxylic acids is 1. The lowest BCUT2D eigenvalue weighted by Crippen LogP contribution is -2.24. The Hall–Kier alpha value is -3.69. The van der Waals surface area contributed by atoms with Crippen LogP contribution in [-0.2, 0) is 26.2 Å². The first-order valence-corrected chi connectivity index (χ1v) is 9.21. The van der Waals surface area contributed by atoms with E-state index >= 15 is 0 Å². The standard InChI is InChI=1S/C21H16F4N4O2/c1-29-17-7-4-13(21(23,24)25)9-16(17)27-19(29)11-26-20(30)18-10-15(28-31-18)8-12-2-5-14(22)6-3-12/h2-7,9-10H,8,11H2,1H3,(H,26,30). The fraction of sp³-hybridized carbons (Fsp3) is 0.190. The second-order valence-corrected chi connectivity index (χ2v) is 6.96. The van der Waals surface area contributed by atoms with E-state index in [0.29, 0.717) is 23.5 Å². The molecule has 0 atom stereocenters. The molecule has 0 bridgehead atoms. The molecule has 0 fully saturated rings. The van der Waals surface area contributed by atoms with Crippen molar-refractivity contribution in [2.24, 2.45) is 7.05 Å². The first kappa shape index (κ1) is 20.6. The predicted octanol–water partition coefficient (Wildman–Crippen LogP) is 4.24. The van der Waals surface area contributed by atoms with E-state index < -0.39 is 17.6 Å². The lowest BCUT2D eigenvalue weighted by molar-refractivity contribution is -0.137. The van der Waals surface area contributed by atoms with Gasteiger partial charge in [-0.1, -0.05) is 17.3 Å². The molecule has 0 aliphatic heterocycles. The van der Waals surface area contributed by atoms with Crippen LogP contribution >= 0.6 is 0 Å². The number of aromatic nitrogens is 3. The summed E-state index contributed by atoms with van der Waals surface area (Å²) in [5.74, 6) is -0.523. The molecule has 2 aromatic heterocycles. The highest BCUT2D eigenvalue weighted by Crippen LogP contribution is 2.31. The minimum Gasteiger partial charge on any atom is -0.351 e. The van der Waals surface area contributed by atoms with Gasteiger partial charge in [-0.15, -0.1) is 0 Å². The third-order valence-electron chi connectivity index (χ3n) is 4.79. The highest BCUT2D eigenvalue weighted by molar-refractivity contribution is 5.91. The van der Waals surface area contributed by atoms with Gasteiger partial charge in [0, 0.05) is 19.5 Å². The number of nitrogens with zero attached hydrogens (tertiary/aromatic N) is 3. The normalized spacial score (nSPS) is 11.8. The molecule has 4 rings (SSSR count). The summed E-state index contributed by atoms with van der Waals surface area (Å²) in [6, 6.07) is 10.7. The van der Waals surface area contributed by atoms with Gasteiger partial charge in [-0.05, 0) is 35.9 Å². The summed E-state index contributed by atoms with van der Waals surface area (Å²) in [5.41, 5.74) is 1.21. The lowest BCUT2D eigenvalue weighted by atomic mass is 10.1. The van der Waals surface area contributed by atoms with E-state index in [2.05, 4.69) is 15.5 Å². The van der Waals surface area contributed by atoms with E-state index in [1.807, 2.05) is 0 Å². The van der Waals surface area contributed by atoms with Crippen LogP contribution in [0.1, 0.15) is 33.2 Å². The summed E-state index contributed by atoms with van der Waals surface area (Å²) >= 11 is 0. The molecule has 2 heterocycles. The van der Waals surface area contributed by atoms with E-state index in [0.717, 1.165) is 17.7 Å². The Morgan fingerprint density at radius 2 is 1.87 bits per heavy atom. The average molecular weight is 432 g/mol. The van der Waals surface area contributed by atoms with Crippen molar-refractivity contribution >= 4 is 16.9 Å². The first-order chi connectivity index (χ1) is 14.7. The molecule has 10 heteroatoms. The molecule has 31 heavy (non-hydrogen) atoms. The summed E-state index contributed by atoms with van der Waals surface area (Å²) in [7, 11) is 1.65. The molecule has 0 saturated heterocycles. The minimum atomic E-state index is -4.46. The third kappa shape index (κ3) is 4.42. The second-order valence-electron chi connectivity index (χ2n) is 6.96. The summed E-state index contributed by atoms with van der Waals surface area (Å²) < 4.78 is 58.3. The maximum absolute atomic E-state index is 13.0. The number of benzene rings is 2. The zero-order valence-electron chi connectivity index (χ0n) is 16.2. The number of amides is 1. The number of fused-ring (bicyclic) bond motifs is 1. The quantitative estimate of drug-likeness (QED) is 0.479. The zero-order valence-corrected chi connectivity index (χ0v) is 16.2. The van der Waals surface area contributed by atoms with E-state index in [1.165, 1.54) is 24.3 Å². The zero-order chi connectivity index (χ0) is 22.2. The summed E-state index contributed by atoms with van der Waals surface area (Å²) in [6.45, 7) is -0.0145. The second kappa shape index (κ2) is 7.86. The van der Waals surface area contributed by atoms with Gasteiger partial charge in [0.1, 0.15) is 11.6 Å². The fourth-order valence-corrected chi connectivity index (χ4v) is 3.14. The van der Waals surface area contributed by atoms with Gasteiger partial charge in [-0.25, -0.2) is 9.37 Å². The van der Waals surface area contributed by atoms with Gasteiger partial charge in [-0.2, -0.15) is 13.2 Å². The molecule has 0 aliphatic carbocycles. The van der Waals surface area contributed by atoms with Crippen molar-refractivity contribution in [2.75, 3.05) is 0 Å². The van der Waals surface area contributed by atoms with E-state index in [9.17, 15) is 22.4 Å². The topological polar surface area (TPSA) is 73.0 Å². The number of halogens is 4. The molecule has 6 nitrogen and oxygen atoms in total. The number of aryl methyl sites for hydroxylation is 1. The van der Waals surface area contributed by atoms with Crippen LogP contribution in [0.3, 0.4) is 0 Å². The van der Waals surface area contributed by atoms with Gasteiger partial charge in [0.05, 0.1) is 28.8 Å². The number of hydrogen-bond acceptors (Lipinski definition) is 4. The maximum Gasteiger partial charge on any atom is 0.416 e. The number of carbonyl (C=O) groups is 1. The highest BCUT2D eigenvalue weighted by atomic mass is 19.4. The smallest absolute Gasteiger partial charge is 0.351 e. The van der Waals surface area contributed by atoms with E-state index in [4.69, 9.17) is 4.52 Å². The first-order valence-electron chi connectivity index (χ1n) is 9.21. The van der Waals surface area contributed by atoms with Gasteiger partial charge in [0.15, 0.2) is 0 Å². The van der Waals surface area contributed by atoms with Crippen molar-refractivity contribution in [1.29, 1.82) is 0 Å². The average Bonchev–Trinajstić information content (AvgIpc) is 3.32. The van der Waals surface area contributed by atoms with Crippen LogP contribution in [0, 0.1) is 5.82 Å². The molecule has 0 saturated carbocycles. The molecule has 0 radical (unpaired) electrons.